The minimum atomic E-state index is -0.376. The smallest absolute Gasteiger partial charge is 0.240 e. The number of hydrogen-bond acceptors (Lipinski definition) is 5. The molecule has 1 aromatic heterocycles. The fourth-order valence-electron chi connectivity index (χ4n) is 3.40. The quantitative estimate of drug-likeness (QED) is 0.475. The van der Waals surface area contributed by atoms with E-state index in [1.807, 2.05) is 73.1 Å². The molecule has 0 saturated heterocycles. The van der Waals surface area contributed by atoms with Gasteiger partial charge in [0.15, 0.2) is 0 Å². The summed E-state index contributed by atoms with van der Waals surface area (Å²) in [5.74, 6) is 1.36. The zero-order valence-corrected chi connectivity index (χ0v) is 18.5. The third kappa shape index (κ3) is 4.97. The molecule has 2 aromatic carbocycles. The van der Waals surface area contributed by atoms with E-state index in [1.54, 1.807) is 4.90 Å². The molecule has 1 saturated carbocycles. The van der Waals surface area contributed by atoms with Crippen LogP contribution >= 0.6 is 11.8 Å². The molecule has 1 aliphatic rings. The average Bonchev–Trinajstić information content (AvgIpc) is 3.55. The van der Waals surface area contributed by atoms with Crippen LogP contribution in [-0.2, 0) is 4.79 Å². The Bertz CT molecular complexity index is 1080. The summed E-state index contributed by atoms with van der Waals surface area (Å²) in [6.07, 6.45) is 2.53. The summed E-state index contributed by atoms with van der Waals surface area (Å²) in [5, 5.41) is 14.0. The standard InChI is InChI=1S/C24H25N5OS/c1-17-9-13-20(14-10-17)28(16-6-15-25)23(30)18(2)31-24-26-22(19-11-12-19)29(27-24)21-7-4-3-5-8-21/h3-5,7-10,13-14,18-19H,6,11-12,16H2,1-2H3. The largest absolute Gasteiger partial charge is 0.310 e. The molecule has 0 aliphatic heterocycles. The van der Waals surface area contributed by atoms with E-state index in [4.69, 9.17) is 15.3 Å². The second-order valence-electron chi connectivity index (χ2n) is 7.77. The Morgan fingerprint density at radius 1 is 1.23 bits per heavy atom. The zero-order valence-electron chi connectivity index (χ0n) is 17.7. The lowest BCUT2D eigenvalue weighted by Gasteiger charge is -2.24. The number of rotatable bonds is 8. The van der Waals surface area contributed by atoms with Gasteiger partial charge in [0.25, 0.3) is 0 Å². The highest BCUT2D eigenvalue weighted by Gasteiger charge is 2.31. The Labute approximate surface area is 186 Å². The zero-order chi connectivity index (χ0) is 21.8. The number of nitrogens with zero attached hydrogens (tertiary/aromatic N) is 5. The van der Waals surface area contributed by atoms with Gasteiger partial charge in [-0.3, -0.25) is 4.79 Å². The van der Waals surface area contributed by atoms with Gasteiger partial charge in [0.2, 0.25) is 11.1 Å². The fourth-order valence-corrected chi connectivity index (χ4v) is 4.22. The van der Waals surface area contributed by atoms with Crippen LogP contribution < -0.4 is 4.90 Å². The third-order valence-electron chi connectivity index (χ3n) is 5.24. The van der Waals surface area contributed by atoms with Crippen LogP contribution in [0, 0.1) is 18.3 Å². The van der Waals surface area contributed by atoms with Crippen molar-refractivity contribution in [2.75, 3.05) is 11.4 Å². The molecule has 0 N–H and O–H groups in total. The highest BCUT2D eigenvalue weighted by Crippen LogP contribution is 2.40. The first kappa shape index (κ1) is 21.1. The number of para-hydroxylation sites is 1. The lowest BCUT2D eigenvalue weighted by Crippen LogP contribution is -2.37. The number of aromatic nitrogens is 3. The Kier molecular flexibility index (Phi) is 6.38. The molecule has 7 heteroatoms. The normalized spacial score (nSPS) is 14.1. The van der Waals surface area contributed by atoms with Crippen LogP contribution in [0.15, 0.2) is 59.8 Å². The Morgan fingerprint density at radius 3 is 2.58 bits per heavy atom. The van der Waals surface area contributed by atoms with E-state index in [0.717, 1.165) is 35.6 Å². The first-order valence-corrected chi connectivity index (χ1v) is 11.4. The maximum atomic E-state index is 13.3. The molecular weight excluding hydrogens is 406 g/mol. The van der Waals surface area contributed by atoms with Gasteiger partial charge >= 0.3 is 0 Å². The van der Waals surface area contributed by atoms with Crippen molar-refractivity contribution in [1.29, 1.82) is 5.26 Å². The predicted molar refractivity (Wildman–Crippen MR) is 122 cm³/mol. The molecule has 1 aliphatic carbocycles. The van der Waals surface area contributed by atoms with E-state index in [1.165, 1.54) is 11.8 Å². The molecule has 0 bridgehead atoms. The molecule has 1 amide bonds. The molecule has 1 fully saturated rings. The summed E-state index contributed by atoms with van der Waals surface area (Å²) in [7, 11) is 0. The number of benzene rings is 2. The van der Waals surface area contributed by atoms with Crippen molar-refractivity contribution in [3.05, 3.63) is 66.0 Å². The van der Waals surface area contributed by atoms with Gasteiger partial charge in [-0.15, -0.1) is 5.10 Å². The van der Waals surface area contributed by atoms with Crippen LogP contribution in [0.1, 0.15) is 43.5 Å². The van der Waals surface area contributed by atoms with Crippen molar-refractivity contribution >= 4 is 23.4 Å². The topological polar surface area (TPSA) is 74.8 Å². The lowest BCUT2D eigenvalue weighted by molar-refractivity contribution is -0.117. The SMILES string of the molecule is Cc1ccc(N(CCC#N)C(=O)C(C)Sc2nc(C3CC3)n(-c3ccccc3)n2)cc1. The molecule has 0 radical (unpaired) electrons. The fraction of sp³-hybridized carbons (Fsp3) is 0.333. The molecular formula is C24H25N5OS. The van der Waals surface area contributed by atoms with Crippen molar-refractivity contribution in [3.63, 3.8) is 0 Å². The van der Waals surface area contributed by atoms with Gasteiger partial charge in [-0.05, 0) is 51.0 Å². The van der Waals surface area contributed by atoms with Gasteiger partial charge < -0.3 is 4.90 Å². The summed E-state index contributed by atoms with van der Waals surface area (Å²) in [4.78, 5) is 19.7. The first-order valence-electron chi connectivity index (χ1n) is 10.5. The summed E-state index contributed by atoms with van der Waals surface area (Å²) >= 11 is 1.37. The van der Waals surface area contributed by atoms with Crippen molar-refractivity contribution < 1.29 is 4.79 Å². The van der Waals surface area contributed by atoms with Crippen LogP contribution in [0.5, 0.6) is 0 Å². The van der Waals surface area contributed by atoms with Crippen molar-refractivity contribution in [3.8, 4) is 11.8 Å². The monoisotopic (exact) mass is 431 g/mol. The maximum Gasteiger partial charge on any atom is 0.240 e. The van der Waals surface area contributed by atoms with Crippen molar-refractivity contribution in [1.82, 2.24) is 14.8 Å². The molecule has 3 aromatic rings. The molecule has 158 valence electrons. The molecule has 1 heterocycles. The van der Waals surface area contributed by atoms with Gasteiger partial charge in [-0.25, -0.2) is 9.67 Å². The van der Waals surface area contributed by atoms with Gasteiger partial charge in [0.05, 0.1) is 23.4 Å². The van der Waals surface area contributed by atoms with Crippen molar-refractivity contribution in [2.45, 2.75) is 49.4 Å². The Morgan fingerprint density at radius 2 is 1.94 bits per heavy atom. The summed E-state index contributed by atoms with van der Waals surface area (Å²) in [6, 6.07) is 19.9. The Hall–Kier alpha value is -3.11. The molecule has 6 nitrogen and oxygen atoms in total. The maximum absolute atomic E-state index is 13.3. The molecule has 0 spiro atoms. The second kappa shape index (κ2) is 9.36. The van der Waals surface area contributed by atoms with Crippen LogP contribution in [0.3, 0.4) is 0 Å². The number of amides is 1. The minimum Gasteiger partial charge on any atom is -0.310 e. The molecule has 31 heavy (non-hydrogen) atoms. The van der Waals surface area contributed by atoms with E-state index in [-0.39, 0.29) is 17.6 Å². The molecule has 1 atom stereocenters. The van der Waals surface area contributed by atoms with Crippen molar-refractivity contribution in [2.24, 2.45) is 0 Å². The highest BCUT2D eigenvalue weighted by atomic mass is 32.2. The number of carbonyl (C=O) groups excluding carboxylic acids is 1. The van der Waals surface area contributed by atoms with E-state index in [9.17, 15) is 4.79 Å². The average molecular weight is 432 g/mol. The van der Waals surface area contributed by atoms with E-state index in [2.05, 4.69) is 6.07 Å². The van der Waals surface area contributed by atoms with Gasteiger partial charge in [-0.1, -0.05) is 47.7 Å². The minimum absolute atomic E-state index is 0.0480. The number of anilines is 1. The summed E-state index contributed by atoms with van der Waals surface area (Å²) in [6.45, 7) is 4.25. The summed E-state index contributed by atoms with van der Waals surface area (Å²) in [5.41, 5.74) is 2.92. The lowest BCUT2D eigenvalue weighted by atomic mass is 10.2. The van der Waals surface area contributed by atoms with Gasteiger partial charge in [0.1, 0.15) is 5.82 Å². The summed E-state index contributed by atoms with van der Waals surface area (Å²) < 4.78 is 1.91. The van der Waals surface area contributed by atoms with Crippen LogP contribution in [0.25, 0.3) is 5.69 Å². The second-order valence-corrected chi connectivity index (χ2v) is 9.08. The van der Waals surface area contributed by atoms with Gasteiger partial charge in [0, 0.05) is 18.2 Å². The highest BCUT2D eigenvalue weighted by molar-refractivity contribution is 8.00. The predicted octanol–water partition coefficient (Wildman–Crippen LogP) is 4.88. The van der Waals surface area contributed by atoms with Gasteiger partial charge in [-0.2, -0.15) is 5.26 Å². The number of thioether (sulfide) groups is 1. The van der Waals surface area contributed by atoms with Crippen LogP contribution in [-0.4, -0.2) is 32.5 Å². The number of carbonyl (C=O) groups is 1. The third-order valence-corrected chi connectivity index (χ3v) is 6.18. The van der Waals surface area contributed by atoms with E-state index in [0.29, 0.717) is 17.6 Å². The van der Waals surface area contributed by atoms with E-state index >= 15 is 0 Å². The number of hydrogen-bond donors (Lipinski definition) is 0. The molecule has 1 unspecified atom stereocenters. The number of nitriles is 1. The first-order chi connectivity index (χ1) is 15.1. The van der Waals surface area contributed by atoms with Crippen LogP contribution in [0.4, 0.5) is 5.69 Å². The van der Waals surface area contributed by atoms with E-state index < -0.39 is 0 Å². The number of aryl methyl sites for hydroxylation is 1. The Balaban J connectivity index is 1.55. The van der Waals surface area contributed by atoms with Crippen LogP contribution in [0.2, 0.25) is 0 Å². The molecule has 4 rings (SSSR count).